The lowest BCUT2D eigenvalue weighted by atomic mass is 10.0. The maximum Gasteiger partial charge on any atom is 0.262 e. The predicted octanol–water partition coefficient (Wildman–Crippen LogP) is 1.69. The van der Waals surface area contributed by atoms with Crippen LogP contribution in [0.5, 0.6) is 5.75 Å². The fraction of sp³-hybridized carbons (Fsp3) is 0.524. The van der Waals surface area contributed by atoms with Gasteiger partial charge in [0.2, 0.25) is 11.8 Å². The van der Waals surface area contributed by atoms with Gasteiger partial charge in [0.15, 0.2) is 5.72 Å². The Morgan fingerprint density at radius 1 is 1.17 bits per heavy atom. The largest absolute Gasteiger partial charge is 0.471 e. The van der Waals surface area contributed by atoms with Gasteiger partial charge in [0.05, 0.1) is 17.7 Å². The molecule has 29 heavy (non-hydrogen) atoms. The number of ether oxygens (including phenoxy) is 1. The van der Waals surface area contributed by atoms with Gasteiger partial charge in [-0.3, -0.25) is 34.3 Å². The molecule has 1 aromatic carbocycles. The van der Waals surface area contributed by atoms with Gasteiger partial charge in [-0.15, -0.1) is 0 Å². The van der Waals surface area contributed by atoms with Crippen molar-refractivity contribution in [2.24, 2.45) is 0 Å². The van der Waals surface area contributed by atoms with E-state index in [1.807, 2.05) is 0 Å². The molecule has 0 bridgehead atoms. The first-order chi connectivity index (χ1) is 13.8. The molecule has 4 amide bonds. The van der Waals surface area contributed by atoms with Crippen molar-refractivity contribution >= 4 is 23.6 Å². The van der Waals surface area contributed by atoms with Crippen molar-refractivity contribution in [3.05, 3.63) is 29.3 Å². The zero-order chi connectivity index (χ0) is 20.9. The van der Waals surface area contributed by atoms with E-state index in [4.69, 9.17) is 4.74 Å². The van der Waals surface area contributed by atoms with E-state index in [2.05, 4.69) is 31.0 Å². The van der Waals surface area contributed by atoms with Crippen LogP contribution in [0.25, 0.3) is 0 Å². The molecule has 0 saturated carbocycles. The Bertz CT molecular complexity index is 914. The quantitative estimate of drug-likeness (QED) is 0.578. The Kier molecular flexibility index (Phi) is 4.69. The molecule has 3 aliphatic heterocycles. The molecule has 154 valence electrons. The second-order valence-electron chi connectivity index (χ2n) is 7.94. The molecule has 8 heteroatoms. The lowest BCUT2D eigenvalue weighted by Crippen LogP contribution is -2.54. The number of imide groups is 2. The predicted molar refractivity (Wildman–Crippen MR) is 103 cm³/mol. The topological polar surface area (TPSA) is 95.8 Å². The highest BCUT2D eigenvalue weighted by atomic mass is 16.5. The Morgan fingerprint density at radius 3 is 2.55 bits per heavy atom. The van der Waals surface area contributed by atoms with E-state index in [1.54, 1.807) is 18.2 Å². The minimum Gasteiger partial charge on any atom is -0.471 e. The van der Waals surface area contributed by atoms with Gasteiger partial charge in [-0.25, -0.2) is 0 Å². The maximum absolute atomic E-state index is 12.9. The molecule has 1 N–H and O–H groups in total. The van der Waals surface area contributed by atoms with Crippen LogP contribution >= 0.6 is 0 Å². The van der Waals surface area contributed by atoms with Crippen LogP contribution < -0.4 is 10.1 Å². The van der Waals surface area contributed by atoms with Crippen LogP contribution in [0.2, 0.25) is 0 Å². The molecule has 0 aliphatic carbocycles. The van der Waals surface area contributed by atoms with Crippen molar-refractivity contribution in [2.45, 2.75) is 64.3 Å². The molecule has 0 spiro atoms. The van der Waals surface area contributed by atoms with Crippen LogP contribution in [-0.2, 0) is 9.59 Å². The third-order valence-corrected chi connectivity index (χ3v) is 6.23. The molecular weight excluding hydrogens is 374 g/mol. The first-order valence-electron chi connectivity index (χ1n) is 10.1. The van der Waals surface area contributed by atoms with E-state index in [0.29, 0.717) is 11.8 Å². The number of nitrogens with one attached hydrogen (secondary N) is 1. The summed E-state index contributed by atoms with van der Waals surface area (Å²) in [5.41, 5.74) is 0.116. The van der Waals surface area contributed by atoms with Crippen LogP contribution in [0.1, 0.15) is 67.2 Å². The molecule has 3 aliphatic rings. The Balaban J connectivity index is 1.56. The van der Waals surface area contributed by atoms with E-state index in [-0.39, 0.29) is 29.7 Å². The van der Waals surface area contributed by atoms with Gasteiger partial charge in [-0.2, -0.15) is 0 Å². The fourth-order valence-corrected chi connectivity index (χ4v) is 4.22. The van der Waals surface area contributed by atoms with E-state index < -0.39 is 29.7 Å². The molecule has 0 radical (unpaired) electrons. The van der Waals surface area contributed by atoms with Gasteiger partial charge in [0.1, 0.15) is 11.8 Å². The lowest BCUT2D eigenvalue weighted by molar-refractivity contribution is -0.136. The highest BCUT2D eigenvalue weighted by Gasteiger charge is 2.55. The number of fused-ring (bicyclic) bond motifs is 1. The summed E-state index contributed by atoms with van der Waals surface area (Å²) in [6.45, 7) is 7.18. The van der Waals surface area contributed by atoms with E-state index in [9.17, 15) is 19.2 Å². The normalized spacial score (nSPS) is 29.6. The minimum atomic E-state index is -0.962. The molecule has 3 unspecified atom stereocenters. The molecule has 1 aromatic rings. The molecule has 2 saturated heterocycles. The zero-order valence-corrected chi connectivity index (χ0v) is 16.9. The number of carbonyl (C=O) groups is 4. The number of benzene rings is 1. The number of nitrogens with zero attached hydrogens (tertiary/aromatic N) is 2. The van der Waals surface area contributed by atoms with Gasteiger partial charge in [-0.05, 0) is 44.4 Å². The minimum absolute atomic E-state index is 0.0998. The number of amides is 4. The number of hydrogen-bond acceptors (Lipinski definition) is 6. The average Bonchev–Trinajstić information content (AvgIpc) is 3.37. The summed E-state index contributed by atoms with van der Waals surface area (Å²) < 4.78 is 6.24. The second kappa shape index (κ2) is 6.95. The summed E-state index contributed by atoms with van der Waals surface area (Å²) in [7, 11) is 0. The van der Waals surface area contributed by atoms with Crippen LogP contribution in [-0.4, -0.2) is 57.8 Å². The average molecular weight is 399 g/mol. The van der Waals surface area contributed by atoms with Gasteiger partial charge >= 0.3 is 0 Å². The SMILES string of the molecule is CC[C@H](C)N1CC1(CC)Oc1ccc2c(c1)C(=O)N(C1CCC(=O)NC1=O)C2=O. The third kappa shape index (κ3) is 3.11. The van der Waals surface area contributed by atoms with E-state index in [0.717, 1.165) is 24.3 Å². The van der Waals surface area contributed by atoms with Gasteiger partial charge in [-0.1, -0.05) is 13.8 Å². The summed E-state index contributed by atoms with van der Waals surface area (Å²) in [6.07, 6.45) is 2.07. The van der Waals surface area contributed by atoms with Crippen molar-refractivity contribution in [2.75, 3.05) is 6.54 Å². The van der Waals surface area contributed by atoms with Crippen LogP contribution in [0.4, 0.5) is 0 Å². The molecule has 8 nitrogen and oxygen atoms in total. The summed E-state index contributed by atoms with van der Waals surface area (Å²) in [6, 6.07) is 4.30. The van der Waals surface area contributed by atoms with Crippen LogP contribution in [0, 0.1) is 0 Å². The van der Waals surface area contributed by atoms with E-state index >= 15 is 0 Å². The Morgan fingerprint density at radius 2 is 1.90 bits per heavy atom. The highest BCUT2D eigenvalue weighted by Crippen LogP contribution is 2.41. The molecule has 4 rings (SSSR count). The van der Waals surface area contributed by atoms with Crippen LogP contribution in [0.3, 0.4) is 0 Å². The first kappa shape index (κ1) is 19.6. The molecule has 3 heterocycles. The van der Waals surface area contributed by atoms with Crippen molar-refractivity contribution in [1.82, 2.24) is 15.1 Å². The molecule has 0 aromatic heterocycles. The van der Waals surface area contributed by atoms with Crippen molar-refractivity contribution < 1.29 is 23.9 Å². The standard InChI is InChI=1S/C21H25N3O5/c1-4-12(3)23-11-21(23,5-2)29-13-6-7-14-15(10-13)20(28)24(19(14)27)16-8-9-17(25)22-18(16)26/h6-7,10,12,16H,4-5,8-9,11H2,1-3H3,(H,22,25,26)/t12-,16?,21?,23?/m0/s1. The third-order valence-electron chi connectivity index (χ3n) is 6.23. The van der Waals surface area contributed by atoms with Gasteiger partial charge < -0.3 is 4.74 Å². The van der Waals surface area contributed by atoms with Gasteiger partial charge in [0, 0.05) is 12.5 Å². The highest BCUT2D eigenvalue weighted by molar-refractivity contribution is 6.23. The van der Waals surface area contributed by atoms with Crippen molar-refractivity contribution in [3.63, 3.8) is 0 Å². The summed E-state index contributed by atoms with van der Waals surface area (Å²) in [4.78, 5) is 52.5. The number of piperidine rings is 1. The zero-order valence-electron chi connectivity index (χ0n) is 16.9. The van der Waals surface area contributed by atoms with Crippen LogP contribution in [0.15, 0.2) is 18.2 Å². The van der Waals surface area contributed by atoms with E-state index in [1.165, 1.54) is 0 Å². The monoisotopic (exact) mass is 399 g/mol. The first-order valence-corrected chi connectivity index (χ1v) is 10.1. The maximum atomic E-state index is 12.9. The fourth-order valence-electron chi connectivity index (χ4n) is 4.22. The molecule has 4 atom stereocenters. The number of rotatable bonds is 6. The lowest BCUT2D eigenvalue weighted by Gasteiger charge is -2.27. The summed E-state index contributed by atoms with van der Waals surface area (Å²) in [5, 5.41) is 2.20. The number of carbonyl (C=O) groups excluding carboxylic acids is 4. The molecule has 2 fully saturated rings. The van der Waals surface area contributed by atoms with Gasteiger partial charge in [0.25, 0.3) is 11.8 Å². The van der Waals surface area contributed by atoms with Crippen molar-refractivity contribution in [3.8, 4) is 5.75 Å². The Labute approximate surface area is 169 Å². The summed E-state index contributed by atoms with van der Waals surface area (Å²) in [5.74, 6) is -1.50. The summed E-state index contributed by atoms with van der Waals surface area (Å²) >= 11 is 0. The molecular formula is C21H25N3O5. The number of hydrogen-bond donors (Lipinski definition) is 1. The smallest absolute Gasteiger partial charge is 0.262 e. The van der Waals surface area contributed by atoms with Crippen molar-refractivity contribution in [1.29, 1.82) is 0 Å². The second-order valence-corrected chi connectivity index (χ2v) is 7.94. The Hall–Kier alpha value is -2.74.